The molecule has 174 valence electrons. The van der Waals surface area contributed by atoms with Crippen molar-refractivity contribution >= 4 is 35.0 Å². The van der Waals surface area contributed by atoms with Gasteiger partial charge in [-0.3, -0.25) is 4.90 Å². The highest BCUT2D eigenvalue weighted by atomic mass is 28.3. The number of nitrogens with zero attached hydrogens (tertiary/aromatic N) is 3. The highest BCUT2D eigenvalue weighted by molar-refractivity contribution is 7.14. The summed E-state index contributed by atoms with van der Waals surface area (Å²) in [7, 11) is -2.69. The van der Waals surface area contributed by atoms with E-state index in [1.54, 1.807) is 0 Å². The summed E-state index contributed by atoms with van der Waals surface area (Å²) in [5.41, 5.74) is 2.58. The maximum absolute atomic E-state index is 2.86. The fourth-order valence-electron chi connectivity index (χ4n) is 7.35. The third-order valence-corrected chi connectivity index (χ3v) is 13.9. The summed E-state index contributed by atoms with van der Waals surface area (Å²) in [6.07, 6.45) is 2.40. The van der Waals surface area contributed by atoms with Crippen LogP contribution in [0.25, 0.3) is 0 Å². The second kappa shape index (κ2) is 8.11. The Balaban J connectivity index is 1.67. The largest absolute Gasteiger partial charge is 0.337 e. The summed E-state index contributed by atoms with van der Waals surface area (Å²) >= 11 is 0. The molecule has 3 aliphatic rings. The van der Waals surface area contributed by atoms with E-state index in [4.69, 9.17) is 0 Å². The first kappa shape index (κ1) is 21.0. The molecule has 35 heavy (non-hydrogen) atoms. The first-order chi connectivity index (χ1) is 17.4. The molecule has 4 heteroatoms. The topological polar surface area (TPSA) is 9.72 Å². The van der Waals surface area contributed by atoms with Gasteiger partial charge in [0.25, 0.3) is 0 Å². The zero-order chi connectivity index (χ0) is 23.3. The molecule has 0 spiro atoms. The first-order valence-electron chi connectivity index (χ1n) is 12.9. The van der Waals surface area contributed by atoms with Crippen molar-refractivity contribution in [2.24, 2.45) is 0 Å². The molecule has 7 rings (SSSR count). The Labute approximate surface area is 209 Å². The minimum atomic E-state index is -2.69. The molecule has 0 saturated carbocycles. The zero-order valence-corrected chi connectivity index (χ0v) is 21.1. The molecule has 0 atom stereocenters. The summed E-state index contributed by atoms with van der Waals surface area (Å²) in [4.78, 5) is 8.48. The molecule has 4 aromatic carbocycles. The maximum atomic E-state index is 2.86. The number of rotatable bonds is 4. The van der Waals surface area contributed by atoms with Crippen molar-refractivity contribution in [2.45, 2.75) is 18.3 Å². The van der Waals surface area contributed by atoms with Gasteiger partial charge in [0.05, 0.1) is 11.4 Å². The summed E-state index contributed by atoms with van der Waals surface area (Å²) in [5, 5.41) is 4.44. The number of hydrogen-bond donors (Lipinski definition) is 0. The van der Waals surface area contributed by atoms with E-state index in [1.165, 1.54) is 39.8 Å². The van der Waals surface area contributed by atoms with Gasteiger partial charge in [0.1, 0.15) is 0 Å². The Kier molecular flexibility index (Phi) is 4.86. The Morgan fingerprint density at radius 3 is 1.23 bits per heavy atom. The predicted molar refractivity (Wildman–Crippen MR) is 149 cm³/mol. The van der Waals surface area contributed by atoms with Gasteiger partial charge >= 0.3 is 0 Å². The van der Waals surface area contributed by atoms with Crippen LogP contribution in [0, 0.1) is 0 Å². The minimum absolute atomic E-state index is 0.225. The van der Waals surface area contributed by atoms with Gasteiger partial charge < -0.3 is 9.80 Å². The summed E-state index contributed by atoms with van der Waals surface area (Å²) in [6.45, 7) is 4.46. The molecule has 2 fully saturated rings. The van der Waals surface area contributed by atoms with Gasteiger partial charge in [0.2, 0.25) is 8.07 Å². The van der Waals surface area contributed by atoms with Crippen LogP contribution in [0.3, 0.4) is 0 Å². The van der Waals surface area contributed by atoms with Crippen molar-refractivity contribution in [3.05, 3.63) is 115 Å². The van der Waals surface area contributed by atoms with E-state index in [-0.39, 0.29) is 5.41 Å². The minimum Gasteiger partial charge on any atom is -0.337 e. The number of hydrogen-bond acceptors (Lipinski definition) is 3. The average Bonchev–Trinajstić information content (AvgIpc) is 3.23. The molecule has 0 radical (unpaired) electrons. The molecule has 3 aliphatic heterocycles. The lowest BCUT2D eigenvalue weighted by atomic mass is 10.2. The van der Waals surface area contributed by atoms with E-state index in [2.05, 4.69) is 130 Å². The maximum Gasteiger partial charge on any atom is 0.220 e. The van der Waals surface area contributed by atoms with Crippen LogP contribution in [0.2, 0.25) is 0 Å². The summed E-state index contributed by atoms with van der Waals surface area (Å²) < 4.78 is 0. The highest BCUT2D eigenvalue weighted by Gasteiger charge is 2.70. The second-order valence-electron chi connectivity index (χ2n) is 9.97. The molecule has 0 aromatic heterocycles. The lowest BCUT2D eigenvalue weighted by Crippen LogP contribution is -2.94. The third-order valence-electron chi connectivity index (χ3n) is 8.40. The van der Waals surface area contributed by atoms with E-state index in [1.807, 2.05) is 0 Å². The average molecular weight is 474 g/mol. The monoisotopic (exact) mass is 473 g/mol. The lowest BCUT2D eigenvalue weighted by molar-refractivity contribution is 0.0974. The molecule has 0 unspecified atom stereocenters. The van der Waals surface area contributed by atoms with Crippen LogP contribution in [-0.4, -0.2) is 44.6 Å². The van der Waals surface area contributed by atoms with Crippen molar-refractivity contribution in [1.29, 1.82) is 0 Å². The molecule has 3 nitrogen and oxygen atoms in total. The fraction of sp³-hybridized carbons (Fsp3) is 0.226. The lowest BCUT2D eigenvalue weighted by Gasteiger charge is -2.65. The summed E-state index contributed by atoms with van der Waals surface area (Å²) in [5.74, 6) is 0. The van der Waals surface area contributed by atoms with Crippen molar-refractivity contribution in [2.75, 3.05) is 36.0 Å². The van der Waals surface area contributed by atoms with E-state index in [0.29, 0.717) is 0 Å². The molecule has 0 amide bonds. The van der Waals surface area contributed by atoms with Crippen LogP contribution in [0.1, 0.15) is 12.8 Å². The van der Waals surface area contributed by atoms with Crippen LogP contribution in [0.15, 0.2) is 115 Å². The van der Waals surface area contributed by atoms with E-state index in [0.717, 1.165) is 26.2 Å². The molecule has 0 N–H and O–H groups in total. The molecular formula is C31H31N3Si. The quantitative estimate of drug-likeness (QED) is 0.330. The van der Waals surface area contributed by atoms with Crippen molar-refractivity contribution in [1.82, 2.24) is 4.90 Å². The normalized spacial score (nSPS) is 18.7. The number of para-hydroxylation sites is 2. The summed E-state index contributed by atoms with van der Waals surface area (Å²) in [6, 6.07) is 43.6. The third kappa shape index (κ3) is 2.69. The first-order valence-corrected chi connectivity index (χ1v) is 14.9. The van der Waals surface area contributed by atoms with Crippen LogP contribution < -0.4 is 25.4 Å². The van der Waals surface area contributed by atoms with E-state index in [9.17, 15) is 0 Å². The Morgan fingerprint density at radius 2 is 0.829 bits per heavy atom. The molecule has 0 bridgehead atoms. The molecule has 0 aliphatic carbocycles. The number of fused-ring (bicyclic) bond motifs is 3. The van der Waals surface area contributed by atoms with Gasteiger partial charge in [0, 0.05) is 26.2 Å². The van der Waals surface area contributed by atoms with E-state index >= 15 is 0 Å². The predicted octanol–water partition coefficient (Wildman–Crippen LogP) is 3.79. The van der Waals surface area contributed by atoms with Crippen molar-refractivity contribution < 1.29 is 0 Å². The van der Waals surface area contributed by atoms with Gasteiger partial charge in [-0.2, -0.15) is 0 Å². The Hall–Kier alpha value is -3.34. The number of benzene rings is 4. The van der Waals surface area contributed by atoms with Gasteiger partial charge in [-0.15, -0.1) is 0 Å². The van der Waals surface area contributed by atoms with Gasteiger partial charge in [-0.1, -0.05) is 103 Å². The van der Waals surface area contributed by atoms with Crippen molar-refractivity contribution in [3.8, 4) is 0 Å². The Morgan fingerprint density at radius 1 is 0.457 bits per heavy atom. The Bertz CT molecular complexity index is 1190. The van der Waals surface area contributed by atoms with Gasteiger partial charge in [-0.05, 0) is 40.5 Å². The fourth-order valence-corrected chi connectivity index (χ4v) is 13.6. The molecule has 3 heterocycles. The van der Waals surface area contributed by atoms with Gasteiger partial charge in [-0.25, -0.2) is 0 Å². The molecule has 2 saturated heterocycles. The van der Waals surface area contributed by atoms with Crippen LogP contribution >= 0.6 is 0 Å². The van der Waals surface area contributed by atoms with Crippen LogP contribution in [0.5, 0.6) is 0 Å². The van der Waals surface area contributed by atoms with Crippen molar-refractivity contribution in [3.63, 3.8) is 0 Å². The number of anilines is 2. The van der Waals surface area contributed by atoms with Crippen LogP contribution in [-0.2, 0) is 0 Å². The zero-order valence-electron chi connectivity index (χ0n) is 20.1. The van der Waals surface area contributed by atoms with Gasteiger partial charge in [0.15, 0.2) is 5.41 Å². The standard InChI is InChI=1S/C31H31N3Si/c1-4-14-26(15-5-1)35(27-16-6-2-7-17-27,28-18-8-3-9-19-28)31-32-22-12-24-33(31)29-20-10-11-21-30(29)34(31)25-13-23-32/h1-11,14-21H,12-13,22-25H2. The smallest absolute Gasteiger partial charge is 0.220 e. The molecule has 4 aromatic rings. The SMILES string of the molecule is c1ccc([Si](c2ccccc2)(c2ccccc2)C23N4CCCN2c2ccccc2N3CCC4)cc1. The van der Waals surface area contributed by atoms with Crippen LogP contribution in [0.4, 0.5) is 11.4 Å². The molecular weight excluding hydrogens is 442 g/mol. The van der Waals surface area contributed by atoms with E-state index < -0.39 is 8.07 Å². The second-order valence-corrected chi connectivity index (χ2v) is 13.9. The highest BCUT2D eigenvalue weighted by Crippen LogP contribution is 2.53.